The van der Waals surface area contributed by atoms with Gasteiger partial charge >= 0.3 is 13.2 Å². The first-order chi connectivity index (χ1) is 7.00. The van der Waals surface area contributed by atoms with Crippen LogP contribution in [-0.2, 0) is 13.8 Å². The molecule has 1 aliphatic heterocycles. The Bertz CT molecular complexity index is 220. The minimum atomic E-state index is -4.13. The Morgan fingerprint density at radius 2 is 2.13 bits per heavy atom. The molecule has 4 N–H and O–H groups in total. The molecule has 8 heteroatoms. The Morgan fingerprint density at radius 1 is 1.60 bits per heavy atom. The number of hydrogen-bond donors (Lipinski definition) is 3. The summed E-state index contributed by atoms with van der Waals surface area (Å²) in [5.74, 6) is 0. The van der Waals surface area contributed by atoms with Crippen LogP contribution in [0.3, 0.4) is 0 Å². The van der Waals surface area contributed by atoms with Crippen LogP contribution in [0, 0.1) is 0 Å². The topological polar surface area (TPSA) is 111 Å². The van der Waals surface area contributed by atoms with Crippen LogP contribution in [0.25, 0.3) is 0 Å². The van der Waals surface area contributed by atoms with E-state index in [2.05, 4.69) is 15.6 Å². The molecule has 1 saturated heterocycles. The van der Waals surface area contributed by atoms with Gasteiger partial charge in [0.05, 0.1) is 19.8 Å². The SMILES string of the molecule is C1COCCN1.CCOP(=O)(O)C(N)=O. The zero-order chi connectivity index (χ0) is 11.7. The molecule has 0 bridgehead atoms. The van der Waals surface area contributed by atoms with E-state index in [1.54, 1.807) is 0 Å². The van der Waals surface area contributed by atoms with Gasteiger partial charge in [-0.25, -0.2) is 4.57 Å². The normalized spacial score (nSPS) is 19.6. The van der Waals surface area contributed by atoms with Gasteiger partial charge in [0.2, 0.25) is 0 Å². The number of nitrogens with two attached hydrogens (primary N) is 1. The van der Waals surface area contributed by atoms with Crippen molar-refractivity contribution in [3.63, 3.8) is 0 Å². The van der Waals surface area contributed by atoms with Crippen LogP contribution in [0.2, 0.25) is 0 Å². The molecule has 1 atom stereocenters. The van der Waals surface area contributed by atoms with Crippen molar-refractivity contribution in [2.24, 2.45) is 5.73 Å². The fourth-order valence-electron chi connectivity index (χ4n) is 0.754. The van der Waals surface area contributed by atoms with Gasteiger partial charge in [-0.15, -0.1) is 0 Å². The van der Waals surface area contributed by atoms with Crippen LogP contribution in [0.1, 0.15) is 6.92 Å². The Balaban J connectivity index is 0.000000280. The van der Waals surface area contributed by atoms with Gasteiger partial charge in [0, 0.05) is 13.1 Å². The molecule has 0 aromatic heterocycles. The molecule has 15 heavy (non-hydrogen) atoms. The highest BCUT2D eigenvalue weighted by molar-refractivity contribution is 7.70. The molecule has 1 heterocycles. The summed E-state index contributed by atoms with van der Waals surface area (Å²) in [6.45, 7) is 5.32. The molecular weight excluding hydrogens is 223 g/mol. The van der Waals surface area contributed by atoms with Crippen molar-refractivity contribution in [1.29, 1.82) is 0 Å². The van der Waals surface area contributed by atoms with Crippen molar-refractivity contribution >= 4 is 13.2 Å². The Labute approximate surface area is 88.5 Å². The number of primary amides is 1. The predicted octanol–water partition coefficient (Wildman–Crippen LogP) is -0.107. The van der Waals surface area contributed by atoms with Crippen LogP contribution >= 0.6 is 7.60 Å². The third kappa shape index (κ3) is 7.47. The molecule has 7 nitrogen and oxygen atoms in total. The van der Waals surface area contributed by atoms with Gasteiger partial charge in [-0.1, -0.05) is 0 Å². The number of hydrogen-bond acceptors (Lipinski definition) is 5. The first kappa shape index (κ1) is 14.5. The molecule has 1 fully saturated rings. The molecule has 0 aliphatic carbocycles. The number of rotatable bonds is 3. The van der Waals surface area contributed by atoms with E-state index in [1.807, 2.05) is 0 Å². The molecule has 1 rings (SSSR count). The monoisotopic (exact) mass is 240 g/mol. The Morgan fingerprint density at radius 3 is 2.27 bits per heavy atom. The van der Waals surface area contributed by atoms with E-state index in [9.17, 15) is 9.36 Å². The van der Waals surface area contributed by atoms with Crippen LogP contribution in [0.4, 0.5) is 4.79 Å². The second-order valence-electron chi connectivity index (χ2n) is 2.64. The summed E-state index contributed by atoms with van der Waals surface area (Å²) in [5, 5.41) is 3.16. The molecule has 0 saturated carbocycles. The molecule has 1 amide bonds. The van der Waals surface area contributed by atoms with Crippen LogP contribution in [0.15, 0.2) is 0 Å². The van der Waals surface area contributed by atoms with Crippen molar-refractivity contribution in [2.45, 2.75) is 6.92 Å². The summed E-state index contributed by atoms with van der Waals surface area (Å²) in [7, 11) is -4.13. The fraction of sp³-hybridized carbons (Fsp3) is 0.857. The summed E-state index contributed by atoms with van der Waals surface area (Å²) in [5.41, 5.74) is 3.16. The lowest BCUT2D eigenvalue weighted by molar-refractivity contribution is 0.109. The zero-order valence-electron chi connectivity index (χ0n) is 8.64. The fourth-order valence-corrected chi connectivity index (χ4v) is 1.23. The lowest BCUT2D eigenvalue weighted by atomic mass is 10.5. The van der Waals surface area contributed by atoms with Gasteiger partial charge in [-0.2, -0.15) is 0 Å². The maximum Gasteiger partial charge on any atom is 0.415 e. The quantitative estimate of drug-likeness (QED) is 0.594. The highest BCUT2D eigenvalue weighted by atomic mass is 31.2. The maximum atomic E-state index is 10.4. The third-order valence-corrected chi connectivity index (χ3v) is 2.59. The molecular formula is C7H17N2O5P. The summed E-state index contributed by atoms with van der Waals surface area (Å²) < 4.78 is 19.5. The zero-order valence-corrected chi connectivity index (χ0v) is 9.53. The molecule has 1 unspecified atom stereocenters. The Hall–Kier alpha value is -0.460. The van der Waals surface area contributed by atoms with Gasteiger partial charge in [-0.05, 0) is 6.92 Å². The Kier molecular flexibility index (Phi) is 7.54. The van der Waals surface area contributed by atoms with Crippen molar-refractivity contribution in [2.75, 3.05) is 32.9 Å². The lowest BCUT2D eigenvalue weighted by Crippen LogP contribution is -2.30. The van der Waals surface area contributed by atoms with Crippen molar-refractivity contribution < 1.29 is 23.5 Å². The summed E-state index contributed by atoms with van der Waals surface area (Å²) >= 11 is 0. The van der Waals surface area contributed by atoms with Gasteiger partial charge in [-0.3, -0.25) is 4.79 Å². The van der Waals surface area contributed by atoms with Crippen molar-refractivity contribution in [3.05, 3.63) is 0 Å². The second-order valence-corrected chi connectivity index (χ2v) is 4.38. The van der Waals surface area contributed by atoms with E-state index in [0.29, 0.717) is 0 Å². The number of morpholine rings is 1. The standard InChI is InChI=1S/C4H9NO.C3H8NO4P/c1-3-6-4-2-5-1;1-2-8-9(6,7)3(4)5/h5H,1-4H2;2H2,1H3,(H2,4,5)(H,6,7). The summed E-state index contributed by atoms with van der Waals surface area (Å²) in [6.07, 6.45) is 0. The molecule has 90 valence electrons. The highest BCUT2D eigenvalue weighted by Crippen LogP contribution is 2.40. The number of ether oxygens (including phenoxy) is 1. The third-order valence-electron chi connectivity index (χ3n) is 1.43. The largest absolute Gasteiger partial charge is 0.415 e. The molecule has 0 radical (unpaired) electrons. The maximum absolute atomic E-state index is 10.4. The number of nitrogens with one attached hydrogen (secondary N) is 1. The summed E-state index contributed by atoms with van der Waals surface area (Å²) in [4.78, 5) is 18.4. The van der Waals surface area contributed by atoms with Crippen molar-refractivity contribution in [3.8, 4) is 0 Å². The van der Waals surface area contributed by atoms with E-state index in [0.717, 1.165) is 26.3 Å². The van der Waals surface area contributed by atoms with Gasteiger partial charge in [0.1, 0.15) is 0 Å². The molecule has 0 aromatic carbocycles. The predicted molar refractivity (Wildman–Crippen MR) is 54.7 cm³/mol. The number of amides is 1. The van der Waals surface area contributed by atoms with Crippen molar-refractivity contribution in [1.82, 2.24) is 5.32 Å². The molecule has 0 aromatic rings. The van der Waals surface area contributed by atoms with Gasteiger partial charge in [0.15, 0.2) is 0 Å². The van der Waals surface area contributed by atoms with E-state index in [1.165, 1.54) is 6.92 Å². The number of carbonyl (C=O) groups excluding carboxylic acids is 1. The van der Waals surface area contributed by atoms with Crippen LogP contribution < -0.4 is 11.1 Å². The summed E-state index contributed by atoms with van der Waals surface area (Å²) in [6, 6.07) is 0. The smallest absolute Gasteiger partial charge is 0.379 e. The van der Waals surface area contributed by atoms with E-state index in [-0.39, 0.29) is 6.61 Å². The van der Waals surface area contributed by atoms with E-state index >= 15 is 0 Å². The van der Waals surface area contributed by atoms with E-state index < -0.39 is 13.2 Å². The number of carbonyl (C=O) groups is 1. The average molecular weight is 240 g/mol. The van der Waals surface area contributed by atoms with Gasteiger partial charge < -0.3 is 25.2 Å². The second kappa shape index (κ2) is 7.78. The first-order valence-electron chi connectivity index (χ1n) is 4.56. The average Bonchev–Trinajstić information content (AvgIpc) is 2.21. The minimum absolute atomic E-state index is 0.00326. The highest BCUT2D eigenvalue weighted by Gasteiger charge is 2.26. The minimum Gasteiger partial charge on any atom is -0.379 e. The van der Waals surface area contributed by atoms with Gasteiger partial charge in [0.25, 0.3) is 0 Å². The molecule has 0 spiro atoms. The van der Waals surface area contributed by atoms with Crippen LogP contribution in [0.5, 0.6) is 0 Å². The molecule has 1 aliphatic rings. The van der Waals surface area contributed by atoms with Crippen LogP contribution in [-0.4, -0.2) is 43.5 Å². The van der Waals surface area contributed by atoms with E-state index in [4.69, 9.17) is 9.63 Å². The lowest BCUT2D eigenvalue weighted by Gasteiger charge is -2.10. The first-order valence-corrected chi connectivity index (χ1v) is 6.14.